The molecular formula is C11H12Cl2N2O4. The van der Waals surface area contributed by atoms with Gasteiger partial charge in [0.25, 0.3) is 5.91 Å². The van der Waals surface area contributed by atoms with Crippen LogP contribution in [0.4, 0.5) is 0 Å². The minimum absolute atomic E-state index is 0.0831. The minimum Gasteiger partial charge on any atom is -0.481 e. The van der Waals surface area contributed by atoms with E-state index in [9.17, 15) is 14.7 Å². The average molecular weight is 307 g/mol. The van der Waals surface area contributed by atoms with Gasteiger partial charge < -0.3 is 15.5 Å². The highest BCUT2D eigenvalue weighted by molar-refractivity contribution is 6.34. The molecule has 1 unspecified atom stereocenters. The third-order valence-electron chi connectivity index (χ3n) is 2.19. The number of nitrogens with one attached hydrogen (secondary N) is 1. The predicted octanol–water partition coefficient (Wildman–Crippen LogP) is 1.34. The van der Waals surface area contributed by atoms with E-state index in [1.165, 1.54) is 19.1 Å². The van der Waals surface area contributed by atoms with Gasteiger partial charge in [-0.05, 0) is 19.1 Å². The SMILES string of the molecule is CC(O)(CNC(=O)c1nc(Cl)ccc1Cl)CC(=O)O. The first kappa shape index (κ1) is 15.7. The summed E-state index contributed by atoms with van der Waals surface area (Å²) in [6.07, 6.45) is -0.496. The highest BCUT2D eigenvalue weighted by Gasteiger charge is 2.25. The second kappa shape index (κ2) is 6.18. The molecule has 6 nitrogen and oxygen atoms in total. The largest absolute Gasteiger partial charge is 0.481 e. The number of carbonyl (C=O) groups excluding carboxylic acids is 1. The van der Waals surface area contributed by atoms with Crippen LogP contribution in [0.25, 0.3) is 0 Å². The third-order valence-corrected chi connectivity index (χ3v) is 2.70. The maximum absolute atomic E-state index is 11.8. The van der Waals surface area contributed by atoms with E-state index in [1.807, 2.05) is 0 Å². The Balaban J connectivity index is 2.70. The number of rotatable bonds is 5. The van der Waals surface area contributed by atoms with Crippen LogP contribution in [0.1, 0.15) is 23.8 Å². The number of aliphatic carboxylic acids is 1. The second-order valence-electron chi connectivity index (χ2n) is 4.21. The summed E-state index contributed by atoms with van der Waals surface area (Å²) in [6, 6.07) is 2.85. The molecule has 0 saturated heterocycles. The van der Waals surface area contributed by atoms with Crippen LogP contribution >= 0.6 is 23.2 Å². The number of halogens is 2. The number of amides is 1. The zero-order valence-electron chi connectivity index (χ0n) is 9.98. The molecule has 1 heterocycles. The van der Waals surface area contributed by atoms with Crippen LogP contribution in [0.15, 0.2) is 12.1 Å². The minimum atomic E-state index is -1.56. The molecule has 1 amide bonds. The van der Waals surface area contributed by atoms with Gasteiger partial charge in [0.15, 0.2) is 0 Å². The smallest absolute Gasteiger partial charge is 0.306 e. The molecule has 0 bridgehead atoms. The Bertz CT molecular complexity index is 505. The Morgan fingerprint density at radius 1 is 1.42 bits per heavy atom. The van der Waals surface area contributed by atoms with E-state index >= 15 is 0 Å². The second-order valence-corrected chi connectivity index (χ2v) is 5.01. The summed E-state index contributed by atoms with van der Waals surface area (Å²) < 4.78 is 0. The van der Waals surface area contributed by atoms with E-state index in [2.05, 4.69) is 10.3 Å². The Morgan fingerprint density at radius 3 is 2.63 bits per heavy atom. The lowest BCUT2D eigenvalue weighted by molar-refractivity contribution is -0.141. The van der Waals surface area contributed by atoms with Crippen molar-refractivity contribution in [3.05, 3.63) is 28.0 Å². The molecule has 1 atom stereocenters. The number of aliphatic hydroxyl groups is 1. The molecule has 1 aromatic heterocycles. The fourth-order valence-corrected chi connectivity index (χ4v) is 1.66. The summed E-state index contributed by atoms with van der Waals surface area (Å²) in [5, 5.41) is 20.9. The summed E-state index contributed by atoms with van der Waals surface area (Å²) in [5.41, 5.74) is -1.65. The number of carbonyl (C=O) groups is 2. The molecular weight excluding hydrogens is 295 g/mol. The summed E-state index contributed by atoms with van der Waals surface area (Å²) >= 11 is 11.4. The third kappa shape index (κ3) is 5.02. The van der Waals surface area contributed by atoms with Crippen molar-refractivity contribution in [2.45, 2.75) is 18.9 Å². The van der Waals surface area contributed by atoms with E-state index in [0.29, 0.717) is 0 Å². The summed E-state index contributed by atoms with van der Waals surface area (Å²) in [5.74, 6) is -1.81. The van der Waals surface area contributed by atoms with Gasteiger partial charge in [0, 0.05) is 6.54 Å². The molecule has 1 rings (SSSR count). The van der Waals surface area contributed by atoms with E-state index in [1.54, 1.807) is 0 Å². The Hall–Kier alpha value is -1.37. The zero-order chi connectivity index (χ0) is 14.6. The number of pyridine rings is 1. The molecule has 8 heteroatoms. The van der Waals surface area contributed by atoms with Crippen molar-refractivity contribution in [3.63, 3.8) is 0 Å². The Labute approximate surface area is 119 Å². The highest BCUT2D eigenvalue weighted by atomic mass is 35.5. The fraction of sp³-hybridized carbons (Fsp3) is 0.364. The number of hydrogen-bond donors (Lipinski definition) is 3. The number of hydrogen-bond acceptors (Lipinski definition) is 4. The molecule has 0 aliphatic rings. The first-order valence-corrected chi connectivity index (χ1v) is 6.01. The lowest BCUT2D eigenvalue weighted by atomic mass is 10.0. The Morgan fingerprint density at radius 2 is 2.05 bits per heavy atom. The van der Waals surface area contributed by atoms with E-state index in [0.717, 1.165) is 0 Å². The first-order valence-electron chi connectivity index (χ1n) is 5.26. The number of carboxylic acids is 1. The molecule has 1 aromatic rings. The van der Waals surface area contributed by atoms with Crippen molar-refractivity contribution >= 4 is 35.1 Å². The Kier molecular flexibility index (Phi) is 5.11. The quantitative estimate of drug-likeness (QED) is 0.713. The van der Waals surface area contributed by atoms with Crippen LogP contribution in [-0.4, -0.2) is 39.2 Å². The van der Waals surface area contributed by atoms with Gasteiger partial charge in [-0.25, -0.2) is 4.98 Å². The number of nitrogens with zero attached hydrogens (tertiary/aromatic N) is 1. The van der Waals surface area contributed by atoms with Crippen LogP contribution < -0.4 is 5.32 Å². The fourth-order valence-electron chi connectivity index (χ4n) is 1.32. The van der Waals surface area contributed by atoms with Crippen LogP contribution in [0.5, 0.6) is 0 Å². The zero-order valence-corrected chi connectivity index (χ0v) is 11.5. The molecule has 3 N–H and O–H groups in total. The van der Waals surface area contributed by atoms with Gasteiger partial charge in [-0.2, -0.15) is 0 Å². The summed E-state index contributed by atoms with van der Waals surface area (Å²) in [4.78, 5) is 26.0. The van der Waals surface area contributed by atoms with Gasteiger partial charge in [-0.3, -0.25) is 9.59 Å². The van der Waals surface area contributed by atoms with Crippen molar-refractivity contribution in [1.82, 2.24) is 10.3 Å². The van der Waals surface area contributed by atoms with E-state index < -0.39 is 23.9 Å². The lowest BCUT2D eigenvalue weighted by Gasteiger charge is -2.21. The summed E-state index contributed by atoms with van der Waals surface area (Å²) in [7, 11) is 0. The van der Waals surface area contributed by atoms with Gasteiger partial charge in [0.05, 0.1) is 17.0 Å². The maximum atomic E-state index is 11.8. The van der Waals surface area contributed by atoms with Gasteiger partial charge in [0.2, 0.25) is 0 Å². The van der Waals surface area contributed by atoms with E-state index in [4.69, 9.17) is 28.3 Å². The normalized spacial score (nSPS) is 13.7. The van der Waals surface area contributed by atoms with Crippen LogP contribution in [0.2, 0.25) is 10.2 Å². The average Bonchev–Trinajstić information content (AvgIpc) is 2.27. The van der Waals surface area contributed by atoms with Gasteiger partial charge in [-0.1, -0.05) is 23.2 Å². The lowest BCUT2D eigenvalue weighted by Crippen LogP contribution is -2.42. The van der Waals surface area contributed by atoms with Crippen molar-refractivity contribution in [1.29, 1.82) is 0 Å². The summed E-state index contributed by atoms with van der Waals surface area (Å²) in [6.45, 7) is 1.05. The monoisotopic (exact) mass is 306 g/mol. The molecule has 0 aliphatic carbocycles. The topological polar surface area (TPSA) is 99.5 Å². The maximum Gasteiger partial charge on any atom is 0.306 e. The molecule has 0 fully saturated rings. The van der Waals surface area contributed by atoms with Crippen molar-refractivity contribution in [2.24, 2.45) is 0 Å². The molecule has 104 valence electrons. The molecule has 0 aromatic carbocycles. The predicted molar refractivity (Wildman–Crippen MR) is 69.5 cm³/mol. The standard InChI is InChI=1S/C11H12Cl2N2O4/c1-11(19,4-8(16)17)5-14-10(18)9-6(12)2-3-7(13)15-9/h2-3,19H,4-5H2,1H3,(H,14,18)(H,16,17). The van der Waals surface area contributed by atoms with E-state index in [-0.39, 0.29) is 22.4 Å². The number of carboxylic acid groups (broad SMARTS) is 1. The van der Waals surface area contributed by atoms with Gasteiger partial charge in [-0.15, -0.1) is 0 Å². The van der Waals surface area contributed by atoms with Crippen molar-refractivity contribution < 1.29 is 19.8 Å². The molecule has 0 aliphatic heterocycles. The highest BCUT2D eigenvalue weighted by Crippen LogP contribution is 2.17. The van der Waals surface area contributed by atoms with Gasteiger partial charge >= 0.3 is 5.97 Å². The van der Waals surface area contributed by atoms with Crippen LogP contribution in [0, 0.1) is 0 Å². The van der Waals surface area contributed by atoms with Crippen molar-refractivity contribution in [2.75, 3.05) is 6.54 Å². The number of aromatic nitrogens is 1. The first-order chi connectivity index (χ1) is 8.71. The molecule has 19 heavy (non-hydrogen) atoms. The van der Waals surface area contributed by atoms with Crippen LogP contribution in [0.3, 0.4) is 0 Å². The molecule has 0 saturated carbocycles. The van der Waals surface area contributed by atoms with Gasteiger partial charge in [0.1, 0.15) is 10.8 Å². The van der Waals surface area contributed by atoms with Crippen molar-refractivity contribution in [3.8, 4) is 0 Å². The molecule has 0 radical (unpaired) electrons. The van der Waals surface area contributed by atoms with Crippen LogP contribution in [-0.2, 0) is 4.79 Å². The molecule has 0 spiro atoms.